The van der Waals surface area contributed by atoms with Crippen LogP contribution < -0.4 is 5.32 Å². The third kappa shape index (κ3) is 3.54. The molecule has 0 bridgehead atoms. The Morgan fingerprint density at radius 1 is 1.33 bits per heavy atom. The molecule has 0 radical (unpaired) electrons. The van der Waals surface area contributed by atoms with Crippen molar-refractivity contribution < 1.29 is 14.1 Å². The molecule has 0 unspecified atom stereocenters. The number of ether oxygens (including phenoxy) is 1. The molecule has 6 nitrogen and oxygen atoms in total. The molecule has 1 atom stereocenters. The van der Waals surface area contributed by atoms with Crippen LogP contribution in [0.2, 0.25) is 0 Å². The van der Waals surface area contributed by atoms with E-state index in [1.54, 1.807) is 0 Å². The van der Waals surface area contributed by atoms with Crippen molar-refractivity contribution in [2.75, 3.05) is 0 Å². The van der Waals surface area contributed by atoms with Crippen LogP contribution >= 0.6 is 0 Å². The van der Waals surface area contributed by atoms with Gasteiger partial charge in [-0.25, -0.2) is 4.79 Å². The average molecular weight is 293 g/mol. The zero-order valence-corrected chi connectivity index (χ0v) is 12.9. The second-order valence-electron chi connectivity index (χ2n) is 7.08. The Morgan fingerprint density at radius 2 is 2.05 bits per heavy atom. The number of hydrogen-bond donors (Lipinski definition) is 1. The lowest BCUT2D eigenvalue weighted by Crippen LogP contribution is -2.36. The molecule has 21 heavy (non-hydrogen) atoms. The number of carbonyl (C=O) groups is 1. The van der Waals surface area contributed by atoms with Crippen LogP contribution in [-0.4, -0.2) is 21.8 Å². The van der Waals surface area contributed by atoms with Gasteiger partial charge in [0, 0.05) is 5.92 Å². The first kappa shape index (κ1) is 14.4. The predicted octanol–water partition coefficient (Wildman–Crippen LogP) is 3.31. The summed E-state index contributed by atoms with van der Waals surface area (Å²) in [6.07, 6.45) is 5.20. The third-order valence-corrected chi connectivity index (χ3v) is 3.96. The first-order valence-corrected chi connectivity index (χ1v) is 7.75. The molecule has 0 aliphatic heterocycles. The number of rotatable bonds is 4. The van der Waals surface area contributed by atoms with E-state index in [1.165, 1.54) is 6.42 Å². The van der Waals surface area contributed by atoms with E-state index in [2.05, 4.69) is 15.5 Å². The number of carbonyl (C=O) groups excluding carboxylic acids is 1. The fraction of sp³-hybridized carbons (Fsp3) is 0.800. The van der Waals surface area contributed by atoms with Gasteiger partial charge in [0.25, 0.3) is 0 Å². The predicted molar refractivity (Wildman–Crippen MR) is 75.7 cm³/mol. The summed E-state index contributed by atoms with van der Waals surface area (Å²) in [5.41, 5.74) is -0.507. The van der Waals surface area contributed by atoms with Crippen LogP contribution in [0.3, 0.4) is 0 Å². The van der Waals surface area contributed by atoms with Crippen molar-refractivity contribution in [2.24, 2.45) is 5.92 Å². The van der Waals surface area contributed by atoms with E-state index in [9.17, 15) is 4.79 Å². The molecule has 1 aromatic rings. The molecule has 2 saturated carbocycles. The van der Waals surface area contributed by atoms with Crippen LogP contribution in [0.1, 0.15) is 76.6 Å². The van der Waals surface area contributed by atoms with Crippen molar-refractivity contribution >= 4 is 6.09 Å². The highest BCUT2D eigenvalue weighted by Gasteiger charge is 2.38. The molecule has 3 rings (SSSR count). The zero-order valence-electron chi connectivity index (χ0n) is 12.9. The monoisotopic (exact) mass is 293 g/mol. The van der Waals surface area contributed by atoms with E-state index in [-0.39, 0.29) is 6.04 Å². The fourth-order valence-electron chi connectivity index (χ4n) is 2.45. The van der Waals surface area contributed by atoms with E-state index in [0.717, 1.165) is 25.7 Å². The zero-order chi connectivity index (χ0) is 15.0. The number of nitrogens with zero attached hydrogens (tertiary/aromatic N) is 2. The van der Waals surface area contributed by atoms with Gasteiger partial charge in [-0.15, -0.1) is 0 Å². The molecule has 6 heteroatoms. The normalized spacial score (nSPS) is 20.7. The van der Waals surface area contributed by atoms with E-state index in [4.69, 9.17) is 9.26 Å². The van der Waals surface area contributed by atoms with Crippen molar-refractivity contribution in [3.05, 3.63) is 11.7 Å². The molecular weight excluding hydrogens is 270 g/mol. The first-order chi connectivity index (χ1) is 9.92. The Morgan fingerprint density at radius 3 is 2.57 bits per heavy atom. The van der Waals surface area contributed by atoms with Crippen molar-refractivity contribution in [3.63, 3.8) is 0 Å². The second-order valence-corrected chi connectivity index (χ2v) is 7.08. The summed E-state index contributed by atoms with van der Waals surface area (Å²) in [5.74, 6) is 2.11. The summed E-state index contributed by atoms with van der Waals surface area (Å²) in [5, 5.41) is 6.97. The van der Waals surface area contributed by atoms with E-state index in [0.29, 0.717) is 23.6 Å². The maximum Gasteiger partial charge on any atom is 0.408 e. The van der Waals surface area contributed by atoms with Crippen molar-refractivity contribution in [3.8, 4) is 0 Å². The lowest BCUT2D eigenvalue weighted by atomic mass is 9.85. The van der Waals surface area contributed by atoms with Crippen molar-refractivity contribution in [2.45, 2.75) is 70.4 Å². The Labute approximate surface area is 124 Å². The molecule has 2 aliphatic carbocycles. The summed E-state index contributed by atoms with van der Waals surface area (Å²) in [7, 11) is 0. The highest BCUT2D eigenvalue weighted by Crippen LogP contribution is 2.41. The van der Waals surface area contributed by atoms with Gasteiger partial charge in [0.05, 0.1) is 6.04 Å². The summed E-state index contributed by atoms with van der Waals surface area (Å²) in [6.45, 7) is 5.55. The van der Waals surface area contributed by atoms with Crippen LogP contribution in [0.5, 0.6) is 0 Å². The second kappa shape index (κ2) is 5.31. The smallest absolute Gasteiger partial charge is 0.408 e. The minimum atomic E-state index is -0.507. The molecule has 0 spiro atoms. The Hall–Kier alpha value is -1.59. The number of aromatic nitrogens is 2. The van der Waals surface area contributed by atoms with Gasteiger partial charge in [0.1, 0.15) is 5.60 Å². The maximum atomic E-state index is 12.0. The number of hydrogen-bond acceptors (Lipinski definition) is 5. The van der Waals surface area contributed by atoms with Gasteiger partial charge >= 0.3 is 6.09 Å². The molecule has 1 aromatic heterocycles. The fourth-order valence-corrected chi connectivity index (χ4v) is 2.45. The average Bonchev–Trinajstić information content (AvgIpc) is 3.02. The molecule has 2 fully saturated rings. The largest absolute Gasteiger partial charge is 0.444 e. The van der Waals surface area contributed by atoms with Crippen LogP contribution in [0.25, 0.3) is 0 Å². The quantitative estimate of drug-likeness (QED) is 0.921. The van der Waals surface area contributed by atoms with Crippen LogP contribution in [0.15, 0.2) is 4.52 Å². The molecule has 2 aliphatic rings. The molecule has 116 valence electrons. The molecule has 1 heterocycles. The minimum Gasteiger partial charge on any atom is -0.444 e. The number of alkyl carbamates (subject to hydrolysis) is 1. The summed E-state index contributed by atoms with van der Waals surface area (Å²) >= 11 is 0. The SMILES string of the molecule is CC(C)(C)OC(=O)N[C@@H](c1noc(C2CCC2)n1)C1CC1. The number of amides is 1. The van der Waals surface area contributed by atoms with Gasteiger partial charge in [-0.3, -0.25) is 0 Å². The van der Waals surface area contributed by atoms with Gasteiger partial charge in [0.15, 0.2) is 5.82 Å². The van der Waals surface area contributed by atoms with Gasteiger partial charge in [0.2, 0.25) is 5.89 Å². The maximum absolute atomic E-state index is 12.0. The molecule has 1 amide bonds. The van der Waals surface area contributed by atoms with Gasteiger partial charge in [-0.1, -0.05) is 11.6 Å². The first-order valence-electron chi connectivity index (χ1n) is 7.75. The van der Waals surface area contributed by atoms with Crippen molar-refractivity contribution in [1.29, 1.82) is 0 Å². The summed E-state index contributed by atoms with van der Waals surface area (Å²) in [6, 6.07) is -0.197. The lowest BCUT2D eigenvalue weighted by molar-refractivity contribution is 0.0494. The Kier molecular flexibility index (Phi) is 3.63. The minimum absolute atomic E-state index is 0.197. The molecular formula is C15H23N3O3. The van der Waals surface area contributed by atoms with Crippen LogP contribution in [-0.2, 0) is 4.74 Å². The lowest BCUT2D eigenvalue weighted by Gasteiger charge is -2.22. The molecule has 1 N–H and O–H groups in total. The van der Waals surface area contributed by atoms with Crippen molar-refractivity contribution in [1.82, 2.24) is 15.5 Å². The highest BCUT2D eigenvalue weighted by atomic mass is 16.6. The van der Waals surface area contributed by atoms with E-state index < -0.39 is 11.7 Å². The molecule has 0 aromatic carbocycles. The Balaban J connectivity index is 1.66. The summed E-state index contributed by atoms with van der Waals surface area (Å²) < 4.78 is 10.7. The van der Waals surface area contributed by atoms with E-state index >= 15 is 0 Å². The van der Waals surface area contributed by atoms with Gasteiger partial charge in [-0.2, -0.15) is 4.98 Å². The van der Waals surface area contributed by atoms with Gasteiger partial charge < -0.3 is 14.6 Å². The van der Waals surface area contributed by atoms with Crippen LogP contribution in [0.4, 0.5) is 4.79 Å². The Bertz CT molecular complexity index is 512. The number of nitrogens with one attached hydrogen (secondary N) is 1. The molecule has 0 saturated heterocycles. The standard InChI is InChI=1S/C15H23N3O3/c1-15(2,3)20-14(19)16-11(9-7-8-9)12-17-13(21-18-12)10-5-4-6-10/h9-11H,4-8H2,1-3H3,(H,16,19)/t11-/m1/s1. The third-order valence-electron chi connectivity index (χ3n) is 3.96. The highest BCUT2D eigenvalue weighted by molar-refractivity contribution is 5.68. The van der Waals surface area contributed by atoms with E-state index in [1.807, 2.05) is 20.8 Å². The van der Waals surface area contributed by atoms with Gasteiger partial charge in [-0.05, 0) is 52.4 Å². The topological polar surface area (TPSA) is 77.2 Å². The summed E-state index contributed by atoms with van der Waals surface area (Å²) in [4.78, 5) is 16.5. The van der Waals surface area contributed by atoms with Crippen LogP contribution in [0, 0.1) is 5.92 Å².